The number of carbonyl (C=O) groups excluding carboxylic acids is 3. The van der Waals surface area contributed by atoms with Crippen molar-refractivity contribution in [1.82, 2.24) is 15.1 Å². The lowest BCUT2D eigenvalue weighted by Gasteiger charge is -2.34. The highest BCUT2D eigenvalue weighted by molar-refractivity contribution is 5.97. The number of anilines is 1. The quantitative estimate of drug-likeness (QED) is 0.829. The van der Waals surface area contributed by atoms with Gasteiger partial charge in [0.2, 0.25) is 11.8 Å². The second-order valence-corrected chi connectivity index (χ2v) is 7.96. The summed E-state index contributed by atoms with van der Waals surface area (Å²) in [5.41, 5.74) is 1.51. The predicted octanol–water partition coefficient (Wildman–Crippen LogP) is 1.24. The minimum absolute atomic E-state index is 0.0126. The Labute approximate surface area is 165 Å². The van der Waals surface area contributed by atoms with Gasteiger partial charge in [-0.2, -0.15) is 0 Å². The molecule has 1 N–H and O–H groups in total. The number of nitrogens with one attached hydrogen (secondary N) is 1. The molecule has 2 saturated heterocycles. The molecule has 1 aromatic rings. The van der Waals surface area contributed by atoms with E-state index < -0.39 is 0 Å². The molecule has 28 heavy (non-hydrogen) atoms. The molecular weight excluding hydrogens is 356 g/mol. The molecule has 0 unspecified atom stereocenters. The summed E-state index contributed by atoms with van der Waals surface area (Å²) < 4.78 is 0. The molecule has 0 spiro atoms. The van der Waals surface area contributed by atoms with Gasteiger partial charge in [0.25, 0.3) is 5.91 Å². The van der Waals surface area contributed by atoms with E-state index in [4.69, 9.17) is 0 Å². The highest BCUT2D eigenvalue weighted by Gasteiger charge is 2.27. The van der Waals surface area contributed by atoms with Gasteiger partial charge < -0.3 is 15.1 Å². The van der Waals surface area contributed by atoms with E-state index in [1.807, 2.05) is 34.1 Å². The molecule has 3 amide bonds. The zero-order valence-corrected chi connectivity index (χ0v) is 16.2. The van der Waals surface area contributed by atoms with Gasteiger partial charge in [0.15, 0.2) is 0 Å². The fourth-order valence-corrected chi connectivity index (χ4v) is 3.86. The third-order valence-electron chi connectivity index (χ3n) is 5.72. The third kappa shape index (κ3) is 4.52. The average Bonchev–Trinajstić information content (AvgIpc) is 3.52. The van der Waals surface area contributed by atoms with Gasteiger partial charge in [-0.15, -0.1) is 0 Å². The largest absolute Gasteiger partial charge is 0.352 e. The molecule has 1 aliphatic carbocycles. The maximum atomic E-state index is 12.8. The Balaban J connectivity index is 1.28. The van der Waals surface area contributed by atoms with Crippen LogP contribution in [0.1, 0.15) is 42.5 Å². The van der Waals surface area contributed by atoms with Crippen molar-refractivity contribution in [1.29, 1.82) is 0 Å². The molecule has 1 saturated carbocycles. The fraction of sp³-hybridized carbons (Fsp3) is 0.571. The molecule has 4 rings (SSSR count). The summed E-state index contributed by atoms with van der Waals surface area (Å²) in [6.45, 7) is 3.84. The molecule has 150 valence electrons. The molecule has 7 heteroatoms. The first-order chi connectivity index (χ1) is 13.6. The first-order valence-electron chi connectivity index (χ1n) is 10.3. The Morgan fingerprint density at radius 2 is 1.68 bits per heavy atom. The lowest BCUT2D eigenvalue weighted by molar-refractivity contribution is -0.122. The van der Waals surface area contributed by atoms with Crippen LogP contribution in [0.2, 0.25) is 0 Å². The molecule has 3 fully saturated rings. The number of hydrogen-bond acceptors (Lipinski definition) is 4. The number of benzene rings is 1. The van der Waals surface area contributed by atoms with Crippen LogP contribution in [-0.4, -0.2) is 72.8 Å². The monoisotopic (exact) mass is 384 g/mol. The lowest BCUT2D eigenvalue weighted by Crippen LogP contribution is -2.51. The molecule has 0 bridgehead atoms. The molecule has 2 heterocycles. The van der Waals surface area contributed by atoms with Gasteiger partial charge in [-0.05, 0) is 49.9 Å². The van der Waals surface area contributed by atoms with E-state index in [9.17, 15) is 14.4 Å². The smallest absolute Gasteiger partial charge is 0.253 e. The van der Waals surface area contributed by atoms with Gasteiger partial charge in [-0.3, -0.25) is 19.3 Å². The van der Waals surface area contributed by atoms with Crippen molar-refractivity contribution in [3.63, 3.8) is 0 Å². The maximum Gasteiger partial charge on any atom is 0.253 e. The molecule has 2 aliphatic heterocycles. The second-order valence-electron chi connectivity index (χ2n) is 7.96. The summed E-state index contributed by atoms with van der Waals surface area (Å²) in [4.78, 5) is 42.5. The van der Waals surface area contributed by atoms with Gasteiger partial charge in [-0.25, -0.2) is 0 Å². The minimum Gasteiger partial charge on any atom is -0.352 e. The molecule has 0 atom stereocenters. The van der Waals surface area contributed by atoms with E-state index in [1.54, 1.807) is 0 Å². The van der Waals surface area contributed by atoms with Crippen molar-refractivity contribution in [2.45, 2.75) is 38.1 Å². The molecular formula is C21H28N4O3. The highest BCUT2D eigenvalue weighted by Crippen LogP contribution is 2.22. The zero-order chi connectivity index (χ0) is 19.5. The third-order valence-corrected chi connectivity index (χ3v) is 5.72. The van der Waals surface area contributed by atoms with Crippen molar-refractivity contribution in [3.8, 4) is 0 Å². The van der Waals surface area contributed by atoms with E-state index in [0.717, 1.165) is 37.9 Å². The van der Waals surface area contributed by atoms with Crippen LogP contribution < -0.4 is 10.2 Å². The maximum absolute atomic E-state index is 12.8. The molecule has 1 aromatic carbocycles. The lowest BCUT2D eigenvalue weighted by atomic mass is 10.1. The van der Waals surface area contributed by atoms with Gasteiger partial charge in [0, 0.05) is 56.4 Å². The summed E-state index contributed by atoms with van der Waals surface area (Å²) in [6, 6.07) is 7.76. The highest BCUT2D eigenvalue weighted by atomic mass is 16.2. The topological polar surface area (TPSA) is 73.0 Å². The van der Waals surface area contributed by atoms with Crippen LogP contribution in [-0.2, 0) is 9.59 Å². The summed E-state index contributed by atoms with van der Waals surface area (Å²) in [5.74, 6) is 0.260. The van der Waals surface area contributed by atoms with Gasteiger partial charge in [0.05, 0.1) is 6.54 Å². The standard InChI is InChI=1S/C21H28N4O3/c26-19(22-17-6-7-17)15-23-11-13-24(14-12-23)21(28)16-4-8-18(9-5-16)25-10-2-1-3-20(25)27/h4-5,8-9,17H,1-3,6-7,10-15H2,(H,22,26). The number of amides is 3. The van der Waals surface area contributed by atoms with Crippen molar-refractivity contribution in [3.05, 3.63) is 29.8 Å². The van der Waals surface area contributed by atoms with Crippen LogP contribution in [0.5, 0.6) is 0 Å². The van der Waals surface area contributed by atoms with E-state index in [2.05, 4.69) is 10.2 Å². The van der Waals surface area contributed by atoms with Crippen LogP contribution in [0.15, 0.2) is 24.3 Å². The summed E-state index contributed by atoms with van der Waals surface area (Å²) in [6.07, 6.45) is 4.77. The number of piperazine rings is 1. The van der Waals surface area contributed by atoms with Crippen LogP contribution >= 0.6 is 0 Å². The number of rotatable bonds is 5. The van der Waals surface area contributed by atoms with Crippen LogP contribution in [0.25, 0.3) is 0 Å². The van der Waals surface area contributed by atoms with Crippen LogP contribution in [0.4, 0.5) is 5.69 Å². The Kier molecular flexibility index (Phi) is 5.62. The first kappa shape index (κ1) is 18.9. The average molecular weight is 384 g/mol. The van der Waals surface area contributed by atoms with Crippen molar-refractivity contribution >= 4 is 23.4 Å². The zero-order valence-electron chi connectivity index (χ0n) is 16.2. The van der Waals surface area contributed by atoms with Crippen LogP contribution in [0, 0.1) is 0 Å². The second kappa shape index (κ2) is 8.31. The van der Waals surface area contributed by atoms with E-state index in [0.29, 0.717) is 50.7 Å². The number of hydrogen-bond donors (Lipinski definition) is 1. The molecule has 0 aromatic heterocycles. The van der Waals surface area contributed by atoms with E-state index in [1.165, 1.54) is 0 Å². The van der Waals surface area contributed by atoms with Crippen molar-refractivity contribution in [2.24, 2.45) is 0 Å². The van der Waals surface area contributed by atoms with E-state index in [-0.39, 0.29) is 17.7 Å². The molecule has 0 radical (unpaired) electrons. The van der Waals surface area contributed by atoms with Gasteiger partial charge >= 0.3 is 0 Å². The van der Waals surface area contributed by atoms with Crippen LogP contribution in [0.3, 0.4) is 0 Å². The Morgan fingerprint density at radius 1 is 0.964 bits per heavy atom. The Bertz CT molecular complexity index is 737. The van der Waals surface area contributed by atoms with Crippen molar-refractivity contribution in [2.75, 3.05) is 44.2 Å². The number of piperidine rings is 1. The summed E-state index contributed by atoms with van der Waals surface area (Å²) in [7, 11) is 0. The Morgan fingerprint density at radius 3 is 2.32 bits per heavy atom. The normalized spacial score (nSPS) is 20.9. The van der Waals surface area contributed by atoms with Gasteiger partial charge in [-0.1, -0.05) is 0 Å². The van der Waals surface area contributed by atoms with Gasteiger partial charge in [0.1, 0.15) is 0 Å². The first-order valence-corrected chi connectivity index (χ1v) is 10.3. The number of nitrogens with zero attached hydrogens (tertiary/aromatic N) is 3. The summed E-state index contributed by atoms with van der Waals surface area (Å²) in [5, 5.41) is 3.01. The molecule has 3 aliphatic rings. The van der Waals surface area contributed by atoms with E-state index >= 15 is 0 Å². The fourth-order valence-electron chi connectivity index (χ4n) is 3.86. The molecule has 7 nitrogen and oxygen atoms in total. The predicted molar refractivity (Wildman–Crippen MR) is 106 cm³/mol. The minimum atomic E-state index is 0.0126. The number of carbonyl (C=O) groups is 3. The Hall–Kier alpha value is -2.41. The summed E-state index contributed by atoms with van der Waals surface area (Å²) >= 11 is 0. The SMILES string of the molecule is O=C(CN1CCN(C(=O)c2ccc(N3CCCCC3=O)cc2)CC1)NC1CC1. The van der Waals surface area contributed by atoms with Crippen molar-refractivity contribution < 1.29 is 14.4 Å².